The summed E-state index contributed by atoms with van der Waals surface area (Å²) in [6.07, 6.45) is 9.02. The molecule has 7 nitrogen and oxygen atoms in total. The van der Waals surface area contributed by atoms with E-state index in [1.54, 1.807) is 34.6 Å². The Balaban J connectivity index is 1.39. The zero-order valence-corrected chi connectivity index (χ0v) is 17.5. The van der Waals surface area contributed by atoms with E-state index >= 15 is 0 Å². The number of anilines is 1. The number of aromatic nitrogens is 4. The van der Waals surface area contributed by atoms with E-state index in [0.717, 1.165) is 63.8 Å². The zero-order valence-electron chi connectivity index (χ0n) is 16.7. The van der Waals surface area contributed by atoms with E-state index in [2.05, 4.69) is 20.4 Å². The Kier molecular flexibility index (Phi) is 5.10. The first-order valence-electron chi connectivity index (χ1n) is 10.1. The number of ether oxygens (including phenoxy) is 1. The quantitative estimate of drug-likeness (QED) is 0.490. The first-order chi connectivity index (χ1) is 14.7. The first-order valence-corrected chi connectivity index (χ1v) is 10.9. The van der Waals surface area contributed by atoms with Crippen molar-refractivity contribution in [3.05, 3.63) is 48.9 Å². The van der Waals surface area contributed by atoms with Crippen molar-refractivity contribution in [3.8, 4) is 22.8 Å². The van der Waals surface area contributed by atoms with Crippen LogP contribution in [0.4, 0.5) is 5.13 Å². The van der Waals surface area contributed by atoms with Crippen molar-refractivity contribution in [2.75, 3.05) is 5.32 Å². The van der Waals surface area contributed by atoms with Crippen LogP contribution >= 0.6 is 11.3 Å². The molecule has 1 aromatic carbocycles. The number of hydrogen-bond acceptors (Lipinski definition) is 7. The lowest BCUT2D eigenvalue weighted by Crippen LogP contribution is -2.36. The van der Waals surface area contributed by atoms with Gasteiger partial charge in [-0.05, 0) is 37.1 Å². The van der Waals surface area contributed by atoms with Gasteiger partial charge in [-0.3, -0.25) is 9.67 Å². The number of thiazole rings is 1. The Morgan fingerprint density at radius 3 is 2.90 bits per heavy atom. The van der Waals surface area contributed by atoms with Gasteiger partial charge >= 0.3 is 0 Å². The molecule has 0 spiro atoms. The van der Waals surface area contributed by atoms with Crippen molar-refractivity contribution in [1.29, 1.82) is 0 Å². The fourth-order valence-electron chi connectivity index (χ4n) is 3.90. The number of nitrogens with zero attached hydrogens (tertiary/aromatic N) is 4. The summed E-state index contributed by atoms with van der Waals surface area (Å²) in [5.41, 5.74) is 2.74. The highest BCUT2D eigenvalue weighted by atomic mass is 32.1. The molecular weight excluding hydrogens is 398 g/mol. The topological polar surface area (TPSA) is 85.1 Å². The monoisotopic (exact) mass is 421 g/mol. The van der Waals surface area contributed by atoms with E-state index in [0.29, 0.717) is 0 Å². The molecule has 154 valence electrons. The standard InChI is InChI=1S/C22H23N5O2S/c1-27-18(8-11-24-27)15-13-23-10-9-20(15)29-14-6-7-17-21(12-14)30-22(26-17)25-16-4-2-3-5-19(16)28/h6-13,16,19,28H,2-5H2,1H3,(H,25,26)/t16-,19-/m1/s1. The number of aliphatic hydroxyl groups is 1. The summed E-state index contributed by atoms with van der Waals surface area (Å²) in [6.45, 7) is 0. The Bertz CT molecular complexity index is 1170. The highest BCUT2D eigenvalue weighted by molar-refractivity contribution is 7.22. The number of hydrogen-bond donors (Lipinski definition) is 2. The molecule has 0 unspecified atom stereocenters. The second kappa shape index (κ2) is 8.04. The van der Waals surface area contributed by atoms with Gasteiger partial charge in [0, 0.05) is 31.7 Å². The van der Waals surface area contributed by atoms with Crippen LogP contribution in [0.1, 0.15) is 25.7 Å². The predicted octanol–water partition coefficient (Wildman–Crippen LogP) is 4.60. The van der Waals surface area contributed by atoms with Crippen LogP contribution in [-0.4, -0.2) is 37.0 Å². The van der Waals surface area contributed by atoms with E-state index < -0.39 is 0 Å². The minimum Gasteiger partial charge on any atom is -0.456 e. The van der Waals surface area contributed by atoms with Gasteiger partial charge in [-0.15, -0.1) is 0 Å². The lowest BCUT2D eigenvalue weighted by molar-refractivity contribution is 0.116. The van der Waals surface area contributed by atoms with Crippen LogP contribution in [0.5, 0.6) is 11.5 Å². The Hall–Kier alpha value is -2.97. The predicted molar refractivity (Wildman–Crippen MR) is 118 cm³/mol. The number of benzene rings is 1. The molecule has 30 heavy (non-hydrogen) atoms. The van der Waals surface area contributed by atoms with Crippen LogP contribution in [0.25, 0.3) is 21.5 Å². The molecule has 0 saturated heterocycles. The number of rotatable bonds is 5. The lowest BCUT2D eigenvalue weighted by Gasteiger charge is -2.27. The van der Waals surface area contributed by atoms with Gasteiger partial charge in [-0.25, -0.2) is 4.98 Å². The third-order valence-electron chi connectivity index (χ3n) is 5.50. The molecular formula is C22H23N5O2S. The number of aliphatic hydroxyl groups excluding tert-OH is 1. The average Bonchev–Trinajstić information content (AvgIpc) is 3.35. The summed E-state index contributed by atoms with van der Waals surface area (Å²) in [5, 5.41) is 18.7. The fraction of sp³-hybridized carbons (Fsp3) is 0.318. The van der Waals surface area contributed by atoms with E-state index in [9.17, 15) is 5.11 Å². The number of nitrogens with one attached hydrogen (secondary N) is 1. The molecule has 1 fully saturated rings. The van der Waals surface area contributed by atoms with Crippen LogP contribution in [0.2, 0.25) is 0 Å². The van der Waals surface area contributed by atoms with Crippen LogP contribution < -0.4 is 10.1 Å². The third kappa shape index (κ3) is 3.76. The van der Waals surface area contributed by atoms with Gasteiger partial charge < -0.3 is 15.2 Å². The van der Waals surface area contributed by atoms with Gasteiger partial charge in [-0.2, -0.15) is 5.10 Å². The molecule has 1 aliphatic carbocycles. The molecule has 1 saturated carbocycles. The maximum atomic E-state index is 10.2. The lowest BCUT2D eigenvalue weighted by atomic mass is 9.93. The molecule has 0 bridgehead atoms. The highest BCUT2D eigenvalue weighted by Gasteiger charge is 2.23. The molecule has 1 aliphatic rings. The van der Waals surface area contributed by atoms with Gasteiger partial charge in [-0.1, -0.05) is 24.2 Å². The summed E-state index contributed by atoms with van der Waals surface area (Å²) in [4.78, 5) is 8.92. The van der Waals surface area contributed by atoms with Gasteiger partial charge in [0.15, 0.2) is 5.13 Å². The highest BCUT2D eigenvalue weighted by Crippen LogP contribution is 2.35. The molecule has 3 heterocycles. The molecule has 0 radical (unpaired) electrons. The van der Waals surface area contributed by atoms with Crippen molar-refractivity contribution >= 4 is 26.7 Å². The summed E-state index contributed by atoms with van der Waals surface area (Å²) >= 11 is 1.58. The van der Waals surface area contributed by atoms with Crippen LogP contribution in [0.3, 0.4) is 0 Å². The molecule has 5 rings (SSSR count). The van der Waals surface area contributed by atoms with Crippen LogP contribution in [0, 0.1) is 0 Å². The molecule has 0 amide bonds. The normalized spacial score (nSPS) is 19.1. The molecule has 3 aromatic heterocycles. The second-order valence-corrected chi connectivity index (χ2v) is 8.60. The van der Waals surface area contributed by atoms with Gasteiger partial charge in [0.1, 0.15) is 11.5 Å². The molecule has 8 heteroatoms. The molecule has 0 aliphatic heterocycles. The summed E-state index contributed by atoms with van der Waals surface area (Å²) in [6, 6.07) is 9.77. The fourth-order valence-corrected chi connectivity index (χ4v) is 4.85. The molecule has 2 atom stereocenters. The van der Waals surface area contributed by atoms with Crippen molar-refractivity contribution in [2.45, 2.75) is 37.8 Å². The SMILES string of the molecule is Cn1nccc1-c1cnccc1Oc1ccc2nc(N[C@@H]3CCCC[C@H]3O)sc2c1. The maximum absolute atomic E-state index is 10.2. The van der Waals surface area contributed by atoms with E-state index in [1.165, 1.54) is 0 Å². The minimum atomic E-state index is -0.304. The minimum absolute atomic E-state index is 0.0771. The number of fused-ring (bicyclic) bond motifs is 1. The third-order valence-corrected chi connectivity index (χ3v) is 6.45. The van der Waals surface area contributed by atoms with E-state index in [1.807, 2.05) is 37.4 Å². The van der Waals surface area contributed by atoms with Crippen molar-refractivity contribution in [3.63, 3.8) is 0 Å². The van der Waals surface area contributed by atoms with Crippen LogP contribution in [0.15, 0.2) is 48.9 Å². The summed E-state index contributed by atoms with van der Waals surface area (Å²) in [7, 11) is 1.90. The van der Waals surface area contributed by atoms with Gasteiger partial charge in [0.2, 0.25) is 0 Å². The van der Waals surface area contributed by atoms with Crippen molar-refractivity contribution in [1.82, 2.24) is 19.7 Å². The summed E-state index contributed by atoms with van der Waals surface area (Å²) in [5.74, 6) is 1.46. The van der Waals surface area contributed by atoms with E-state index in [-0.39, 0.29) is 12.1 Å². The van der Waals surface area contributed by atoms with Crippen molar-refractivity contribution < 1.29 is 9.84 Å². The Morgan fingerprint density at radius 2 is 2.07 bits per heavy atom. The largest absolute Gasteiger partial charge is 0.456 e. The average molecular weight is 422 g/mol. The number of aryl methyl sites for hydroxylation is 1. The molecule has 2 N–H and O–H groups in total. The van der Waals surface area contributed by atoms with Gasteiger partial charge in [0.25, 0.3) is 0 Å². The maximum Gasteiger partial charge on any atom is 0.184 e. The Labute approximate surface area is 178 Å². The van der Waals surface area contributed by atoms with Gasteiger partial charge in [0.05, 0.1) is 33.6 Å². The zero-order chi connectivity index (χ0) is 20.5. The Morgan fingerprint density at radius 1 is 1.17 bits per heavy atom. The molecule has 4 aromatic rings. The number of pyridine rings is 1. The van der Waals surface area contributed by atoms with Crippen molar-refractivity contribution in [2.24, 2.45) is 7.05 Å². The first kappa shape index (κ1) is 19.0. The van der Waals surface area contributed by atoms with Crippen LogP contribution in [-0.2, 0) is 7.05 Å². The second-order valence-electron chi connectivity index (χ2n) is 7.57. The summed E-state index contributed by atoms with van der Waals surface area (Å²) < 4.78 is 9.05. The smallest absolute Gasteiger partial charge is 0.184 e. The van der Waals surface area contributed by atoms with E-state index in [4.69, 9.17) is 4.74 Å².